The van der Waals surface area contributed by atoms with E-state index in [1.807, 2.05) is 24.3 Å². The molecule has 1 aromatic heterocycles. The summed E-state index contributed by atoms with van der Waals surface area (Å²) in [5.74, 6) is -0.444. The number of nitrogens with one attached hydrogen (secondary N) is 1. The molecule has 0 aliphatic carbocycles. The fourth-order valence-corrected chi connectivity index (χ4v) is 3.99. The summed E-state index contributed by atoms with van der Waals surface area (Å²) in [5, 5.41) is 5.65. The van der Waals surface area contributed by atoms with E-state index in [4.69, 9.17) is 9.47 Å². The van der Waals surface area contributed by atoms with Crippen LogP contribution >= 0.6 is 11.3 Å². The van der Waals surface area contributed by atoms with Crippen molar-refractivity contribution in [2.24, 2.45) is 0 Å². The molecule has 3 rings (SSSR count). The Hall–Kier alpha value is -2.45. The summed E-state index contributed by atoms with van der Waals surface area (Å²) in [6, 6.07) is 7.61. The lowest BCUT2D eigenvalue weighted by Gasteiger charge is -2.34. The monoisotopic (exact) mass is 389 g/mol. The molecular formula is C19H23N3O4S. The number of anilines is 1. The van der Waals surface area contributed by atoms with Crippen molar-refractivity contribution in [3.05, 3.63) is 35.3 Å². The van der Waals surface area contributed by atoms with Crippen LogP contribution in [0.15, 0.2) is 29.6 Å². The molecule has 27 heavy (non-hydrogen) atoms. The van der Waals surface area contributed by atoms with Crippen molar-refractivity contribution in [1.29, 1.82) is 0 Å². The Labute approximate surface area is 162 Å². The largest absolute Gasteiger partial charge is 0.461 e. The van der Waals surface area contributed by atoms with Gasteiger partial charge >= 0.3 is 12.1 Å². The Bertz CT molecular complexity index is 802. The molecule has 0 unspecified atom stereocenters. The quantitative estimate of drug-likeness (QED) is 0.790. The van der Waals surface area contributed by atoms with Gasteiger partial charge in [0.2, 0.25) is 0 Å². The molecule has 1 aliphatic rings. The van der Waals surface area contributed by atoms with Crippen molar-refractivity contribution >= 4 is 29.1 Å². The Kier molecular flexibility index (Phi) is 6.41. The lowest BCUT2D eigenvalue weighted by atomic mass is 10.0. The molecule has 1 fully saturated rings. The van der Waals surface area contributed by atoms with E-state index in [2.05, 4.69) is 10.3 Å². The summed E-state index contributed by atoms with van der Waals surface area (Å²) in [7, 11) is 1.39. The number of para-hydroxylation sites is 1. The molecule has 0 spiro atoms. The summed E-state index contributed by atoms with van der Waals surface area (Å²) in [6.45, 7) is 3.76. The smallest absolute Gasteiger partial charge is 0.414 e. The van der Waals surface area contributed by atoms with E-state index < -0.39 is 12.1 Å². The fraction of sp³-hybridized carbons (Fsp3) is 0.421. The summed E-state index contributed by atoms with van der Waals surface area (Å²) < 4.78 is 10.1. The Balaban J connectivity index is 1.98. The van der Waals surface area contributed by atoms with Crippen molar-refractivity contribution in [3.63, 3.8) is 0 Å². The number of methoxy groups -OCH3 is 1. The standard InChI is InChI=1S/C19H23N3O4S/c1-3-26-18(23)15-12-27-17(21-15)14-6-4-5-7-16(14)22(19(24)25-2)13-8-10-20-11-9-13/h4-7,12-13,20H,3,8-11H2,1-2H3. The van der Waals surface area contributed by atoms with E-state index in [0.29, 0.717) is 11.6 Å². The van der Waals surface area contributed by atoms with E-state index in [-0.39, 0.29) is 11.7 Å². The van der Waals surface area contributed by atoms with Gasteiger partial charge in [0.15, 0.2) is 5.69 Å². The number of thiazole rings is 1. The van der Waals surface area contributed by atoms with E-state index in [0.717, 1.165) is 37.2 Å². The van der Waals surface area contributed by atoms with Gasteiger partial charge in [0.1, 0.15) is 5.01 Å². The number of nitrogens with zero attached hydrogens (tertiary/aromatic N) is 2. The molecule has 2 heterocycles. The molecule has 1 saturated heterocycles. The van der Waals surface area contributed by atoms with Gasteiger partial charge in [-0.3, -0.25) is 4.90 Å². The number of rotatable bonds is 5. The third-order valence-electron chi connectivity index (χ3n) is 4.43. The molecule has 144 valence electrons. The van der Waals surface area contributed by atoms with Crippen LogP contribution in [-0.2, 0) is 9.47 Å². The molecule has 1 aliphatic heterocycles. The van der Waals surface area contributed by atoms with Gasteiger partial charge in [-0.05, 0) is 45.0 Å². The van der Waals surface area contributed by atoms with Gasteiger partial charge in [-0.25, -0.2) is 14.6 Å². The van der Waals surface area contributed by atoms with Gasteiger partial charge in [-0.1, -0.05) is 12.1 Å². The summed E-state index contributed by atoms with van der Waals surface area (Å²) in [5.41, 5.74) is 1.81. The maximum Gasteiger partial charge on any atom is 0.414 e. The Morgan fingerprint density at radius 2 is 2.04 bits per heavy atom. The molecule has 2 aromatic rings. The van der Waals surface area contributed by atoms with Crippen LogP contribution in [0.4, 0.5) is 10.5 Å². The summed E-state index contributed by atoms with van der Waals surface area (Å²) in [6.07, 6.45) is 1.29. The van der Waals surface area contributed by atoms with Gasteiger partial charge < -0.3 is 14.8 Å². The Morgan fingerprint density at radius 3 is 2.74 bits per heavy atom. The van der Waals surface area contributed by atoms with Gasteiger partial charge in [-0.2, -0.15) is 0 Å². The van der Waals surface area contributed by atoms with Crippen molar-refractivity contribution < 1.29 is 19.1 Å². The minimum absolute atomic E-state index is 0.0457. The normalized spacial score (nSPS) is 14.6. The zero-order chi connectivity index (χ0) is 19.2. The molecule has 0 saturated carbocycles. The molecule has 0 atom stereocenters. The minimum Gasteiger partial charge on any atom is -0.461 e. The molecule has 0 bridgehead atoms. The van der Waals surface area contributed by atoms with Gasteiger partial charge in [0, 0.05) is 17.0 Å². The third kappa shape index (κ3) is 4.28. The number of aromatic nitrogens is 1. The minimum atomic E-state index is -0.444. The van der Waals surface area contributed by atoms with E-state index in [9.17, 15) is 9.59 Å². The first-order valence-corrected chi connectivity index (χ1v) is 9.83. The summed E-state index contributed by atoms with van der Waals surface area (Å²) in [4.78, 5) is 30.7. The maximum atomic E-state index is 12.6. The molecule has 1 amide bonds. The van der Waals surface area contributed by atoms with Crippen LogP contribution in [0.5, 0.6) is 0 Å². The zero-order valence-electron chi connectivity index (χ0n) is 15.4. The number of carbonyl (C=O) groups is 2. The number of amides is 1. The van der Waals surface area contributed by atoms with Crippen molar-refractivity contribution in [2.75, 3.05) is 31.7 Å². The average molecular weight is 389 g/mol. The predicted molar refractivity (Wildman–Crippen MR) is 104 cm³/mol. The molecular weight excluding hydrogens is 366 g/mol. The van der Waals surface area contributed by atoms with Gasteiger partial charge in [0.25, 0.3) is 0 Å². The molecule has 7 nitrogen and oxygen atoms in total. The average Bonchev–Trinajstić information content (AvgIpc) is 3.20. The van der Waals surface area contributed by atoms with Crippen molar-refractivity contribution in [2.45, 2.75) is 25.8 Å². The predicted octanol–water partition coefficient (Wildman–Crippen LogP) is 3.31. The molecule has 1 N–H and O–H groups in total. The van der Waals surface area contributed by atoms with Crippen LogP contribution in [0.1, 0.15) is 30.3 Å². The van der Waals surface area contributed by atoms with E-state index >= 15 is 0 Å². The van der Waals surface area contributed by atoms with Crippen LogP contribution in [0.3, 0.4) is 0 Å². The number of piperidine rings is 1. The van der Waals surface area contributed by atoms with E-state index in [1.54, 1.807) is 17.2 Å². The maximum absolute atomic E-state index is 12.6. The van der Waals surface area contributed by atoms with E-state index in [1.165, 1.54) is 18.4 Å². The topological polar surface area (TPSA) is 80.8 Å². The number of hydrogen-bond acceptors (Lipinski definition) is 7. The van der Waals surface area contributed by atoms with Crippen LogP contribution < -0.4 is 10.2 Å². The van der Waals surface area contributed by atoms with Gasteiger partial charge in [0.05, 0.1) is 19.4 Å². The summed E-state index contributed by atoms with van der Waals surface area (Å²) >= 11 is 1.35. The highest BCUT2D eigenvalue weighted by Crippen LogP contribution is 2.35. The first kappa shape index (κ1) is 19.3. The van der Waals surface area contributed by atoms with Crippen LogP contribution in [0, 0.1) is 0 Å². The number of benzene rings is 1. The number of esters is 1. The SMILES string of the molecule is CCOC(=O)c1csc(-c2ccccc2N(C(=O)OC)C2CCNCC2)n1. The fourth-order valence-electron chi connectivity index (χ4n) is 3.17. The lowest BCUT2D eigenvalue weighted by molar-refractivity contribution is 0.0520. The third-order valence-corrected chi connectivity index (χ3v) is 5.30. The first-order chi connectivity index (χ1) is 13.2. The number of hydrogen-bond donors (Lipinski definition) is 1. The molecule has 0 radical (unpaired) electrons. The molecule has 1 aromatic carbocycles. The Morgan fingerprint density at radius 1 is 1.30 bits per heavy atom. The second-order valence-corrected chi connectivity index (χ2v) is 6.95. The zero-order valence-corrected chi connectivity index (χ0v) is 16.3. The highest BCUT2D eigenvalue weighted by molar-refractivity contribution is 7.13. The highest BCUT2D eigenvalue weighted by atomic mass is 32.1. The first-order valence-electron chi connectivity index (χ1n) is 8.95. The second-order valence-electron chi connectivity index (χ2n) is 6.10. The molecule has 8 heteroatoms. The lowest BCUT2D eigenvalue weighted by Crippen LogP contribution is -2.46. The number of ether oxygens (including phenoxy) is 2. The van der Waals surface area contributed by atoms with Crippen molar-refractivity contribution in [1.82, 2.24) is 10.3 Å². The van der Waals surface area contributed by atoms with Crippen LogP contribution in [-0.4, -0.2) is 49.9 Å². The van der Waals surface area contributed by atoms with Crippen LogP contribution in [0.25, 0.3) is 10.6 Å². The van der Waals surface area contributed by atoms with Crippen molar-refractivity contribution in [3.8, 4) is 10.6 Å². The van der Waals surface area contributed by atoms with Gasteiger partial charge in [-0.15, -0.1) is 11.3 Å². The second kappa shape index (κ2) is 8.96. The highest BCUT2D eigenvalue weighted by Gasteiger charge is 2.30. The van der Waals surface area contributed by atoms with Crippen LogP contribution in [0.2, 0.25) is 0 Å². The number of carbonyl (C=O) groups excluding carboxylic acids is 2.